The minimum absolute atomic E-state index is 0.646. The van der Waals surface area contributed by atoms with Gasteiger partial charge in [-0.05, 0) is 38.6 Å². The van der Waals surface area contributed by atoms with E-state index < -0.39 is 0 Å². The lowest BCUT2D eigenvalue weighted by Gasteiger charge is -2.29. The molecule has 0 aromatic rings. The van der Waals surface area contributed by atoms with E-state index in [0.29, 0.717) is 5.41 Å². The van der Waals surface area contributed by atoms with Crippen molar-refractivity contribution in [2.45, 2.75) is 70.8 Å². The highest BCUT2D eigenvalue weighted by molar-refractivity contribution is 4.92. The lowest BCUT2D eigenvalue weighted by Crippen LogP contribution is -2.38. The monoisotopic (exact) mass is 224 g/mol. The molecule has 0 aromatic carbocycles. The average molecular weight is 224 g/mol. The normalized spacial score (nSPS) is 32.2. The molecule has 0 bridgehead atoms. The first-order chi connectivity index (χ1) is 7.76. The SMILES string of the molecule is CNN1CC2(CCCCCCCC2)CC1C. The Kier molecular flexibility index (Phi) is 4.26. The van der Waals surface area contributed by atoms with Gasteiger partial charge in [-0.25, -0.2) is 5.01 Å². The van der Waals surface area contributed by atoms with Crippen molar-refractivity contribution in [1.82, 2.24) is 10.4 Å². The molecule has 0 amide bonds. The van der Waals surface area contributed by atoms with Gasteiger partial charge in [0.1, 0.15) is 0 Å². The summed E-state index contributed by atoms with van der Waals surface area (Å²) in [5.41, 5.74) is 4.02. The van der Waals surface area contributed by atoms with E-state index in [4.69, 9.17) is 0 Å². The van der Waals surface area contributed by atoms with Crippen LogP contribution in [-0.4, -0.2) is 24.6 Å². The van der Waals surface area contributed by atoms with Gasteiger partial charge in [-0.15, -0.1) is 0 Å². The van der Waals surface area contributed by atoms with Crippen LogP contribution in [-0.2, 0) is 0 Å². The minimum Gasteiger partial charge on any atom is -0.258 e. The molecule has 1 saturated heterocycles. The zero-order valence-electron chi connectivity index (χ0n) is 11.1. The molecule has 2 rings (SSSR count). The third kappa shape index (κ3) is 2.78. The van der Waals surface area contributed by atoms with Crippen molar-refractivity contribution < 1.29 is 0 Å². The van der Waals surface area contributed by atoms with Crippen molar-refractivity contribution >= 4 is 0 Å². The Hall–Kier alpha value is -0.0800. The van der Waals surface area contributed by atoms with Crippen LogP contribution in [0.15, 0.2) is 0 Å². The Morgan fingerprint density at radius 1 is 1.00 bits per heavy atom. The molecular weight excluding hydrogens is 196 g/mol. The summed E-state index contributed by atoms with van der Waals surface area (Å²) < 4.78 is 0. The average Bonchev–Trinajstić information content (AvgIpc) is 2.64. The number of hydrazine groups is 1. The van der Waals surface area contributed by atoms with Gasteiger partial charge < -0.3 is 0 Å². The van der Waals surface area contributed by atoms with Crippen molar-refractivity contribution in [3.05, 3.63) is 0 Å². The smallest absolute Gasteiger partial charge is 0.0221 e. The second-order valence-electron chi connectivity index (χ2n) is 6.03. The first kappa shape index (κ1) is 12.4. The van der Waals surface area contributed by atoms with Crippen molar-refractivity contribution in [2.24, 2.45) is 5.41 Å². The van der Waals surface area contributed by atoms with Gasteiger partial charge in [0, 0.05) is 12.6 Å². The van der Waals surface area contributed by atoms with Crippen LogP contribution in [0.3, 0.4) is 0 Å². The highest BCUT2D eigenvalue weighted by Gasteiger charge is 2.40. The highest BCUT2D eigenvalue weighted by atomic mass is 15.5. The Morgan fingerprint density at radius 2 is 1.56 bits per heavy atom. The molecule has 1 N–H and O–H groups in total. The summed E-state index contributed by atoms with van der Waals surface area (Å²) in [5.74, 6) is 0. The van der Waals surface area contributed by atoms with E-state index in [1.54, 1.807) is 0 Å². The molecule has 1 spiro atoms. The maximum Gasteiger partial charge on any atom is 0.0221 e. The summed E-state index contributed by atoms with van der Waals surface area (Å²) in [6.07, 6.45) is 13.2. The molecule has 2 nitrogen and oxygen atoms in total. The van der Waals surface area contributed by atoms with E-state index in [-0.39, 0.29) is 0 Å². The molecule has 16 heavy (non-hydrogen) atoms. The number of rotatable bonds is 1. The van der Waals surface area contributed by atoms with Crippen molar-refractivity contribution in [3.8, 4) is 0 Å². The molecule has 1 aliphatic heterocycles. The summed E-state index contributed by atoms with van der Waals surface area (Å²) in [4.78, 5) is 0. The van der Waals surface area contributed by atoms with E-state index in [1.165, 1.54) is 64.3 Å². The molecule has 2 fully saturated rings. The standard InChI is InChI=1S/C14H28N2/c1-13-11-14(12-16(13)15-2)9-7-5-3-4-6-8-10-14/h13,15H,3-12H2,1-2H3. The van der Waals surface area contributed by atoms with E-state index in [9.17, 15) is 0 Å². The van der Waals surface area contributed by atoms with Gasteiger partial charge in [0.15, 0.2) is 0 Å². The summed E-state index contributed by atoms with van der Waals surface area (Å²) in [5, 5.41) is 2.46. The number of hydrogen-bond acceptors (Lipinski definition) is 2. The zero-order valence-corrected chi connectivity index (χ0v) is 11.1. The minimum atomic E-state index is 0.646. The summed E-state index contributed by atoms with van der Waals surface area (Å²) in [6.45, 7) is 3.66. The molecule has 2 heteroatoms. The lowest BCUT2D eigenvalue weighted by molar-refractivity contribution is 0.169. The molecule has 1 heterocycles. The Bertz CT molecular complexity index is 205. The van der Waals surface area contributed by atoms with E-state index >= 15 is 0 Å². The predicted octanol–water partition coefficient (Wildman–Crippen LogP) is 3.34. The van der Waals surface area contributed by atoms with Crippen LogP contribution in [0.1, 0.15) is 64.7 Å². The first-order valence-corrected chi connectivity index (χ1v) is 7.20. The van der Waals surface area contributed by atoms with E-state index in [1.807, 2.05) is 0 Å². The molecule has 0 radical (unpaired) electrons. The van der Waals surface area contributed by atoms with Crippen LogP contribution in [0.25, 0.3) is 0 Å². The Morgan fingerprint density at radius 3 is 2.06 bits per heavy atom. The molecule has 1 atom stereocenters. The fourth-order valence-electron chi connectivity index (χ4n) is 3.81. The van der Waals surface area contributed by atoms with Crippen LogP contribution in [0.2, 0.25) is 0 Å². The molecule has 2 aliphatic rings. The van der Waals surface area contributed by atoms with Crippen molar-refractivity contribution in [2.75, 3.05) is 13.6 Å². The zero-order chi connectivity index (χ0) is 11.4. The van der Waals surface area contributed by atoms with Crippen LogP contribution < -0.4 is 5.43 Å². The molecule has 94 valence electrons. The molecule has 1 unspecified atom stereocenters. The third-order valence-electron chi connectivity index (χ3n) is 4.72. The lowest BCUT2D eigenvalue weighted by atomic mass is 9.77. The largest absolute Gasteiger partial charge is 0.258 e. The van der Waals surface area contributed by atoms with E-state index in [2.05, 4.69) is 24.4 Å². The molecule has 1 aliphatic carbocycles. The Balaban J connectivity index is 1.98. The van der Waals surface area contributed by atoms with Gasteiger partial charge in [0.25, 0.3) is 0 Å². The van der Waals surface area contributed by atoms with Gasteiger partial charge in [-0.2, -0.15) is 0 Å². The molecule has 0 aromatic heterocycles. The molecular formula is C14H28N2. The van der Waals surface area contributed by atoms with Gasteiger partial charge >= 0.3 is 0 Å². The third-order valence-corrected chi connectivity index (χ3v) is 4.72. The maximum atomic E-state index is 3.37. The van der Waals surface area contributed by atoms with Crippen molar-refractivity contribution in [1.29, 1.82) is 0 Å². The second-order valence-corrected chi connectivity index (χ2v) is 6.03. The number of nitrogens with one attached hydrogen (secondary N) is 1. The predicted molar refractivity (Wildman–Crippen MR) is 69.2 cm³/mol. The quantitative estimate of drug-likeness (QED) is 0.735. The molecule has 1 saturated carbocycles. The van der Waals surface area contributed by atoms with Crippen LogP contribution in [0.4, 0.5) is 0 Å². The topological polar surface area (TPSA) is 15.3 Å². The second kappa shape index (κ2) is 5.50. The number of hydrogen-bond donors (Lipinski definition) is 1. The van der Waals surface area contributed by atoms with Gasteiger partial charge in [-0.1, -0.05) is 38.5 Å². The van der Waals surface area contributed by atoms with E-state index in [0.717, 1.165) is 6.04 Å². The van der Waals surface area contributed by atoms with Gasteiger partial charge in [0.05, 0.1) is 0 Å². The summed E-state index contributed by atoms with van der Waals surface area (Å²) >= 11 is 0. The van der Waals surface area contributed by atoms with Crippen LogP contribution in [0.5, 0.6) is 0 Å². The Labute approximate surface area is 101 Å². The summed E-state index contributed by atoms with van der Waals surface area (Å²) in [6, 6.07) is 0.728. The highest BCUT2D eigenvalue weighted by Crippen LogP contribution is 2.43. The summed E-state index contributed by atoms with van der Waals surface area (Å²) in [7, 11) is 2.07. The van der Waals surface area contributed by atoms with Gasteiger partial charge in [0.2, 0.25) is 0 Å². The number of nitrogens with zero attached hydrogens (tertiary/aromatic N) is 1. The first-order valence-electron chi connectivity index (χ1n) is 7.20. The fourth-order valence-corrected chi connectivity index (χ4v) is 3.81. The fraction of sp³-hybridized carbons (Fsp3) is 1.00. The van der Waals surface area contributed by atoms with Crippen LogP contribution >= 0.6 is 0 Å². The van der Waals surface area contributed by atoms with Crippen molar-refractivity contribution in [3.63, 3.8) is 0 Å². The van der Waals surface area contributed by atoms with Crippen LogP contribution in [0, 0.1) is 5.41 Å². The van der Waals surface area contributed by atoms with Gasteiger partial charge in [-0.3, -0.25) is 5.43 Å². The maximum absolute atomic E-state index is 3.37.